The molecule has 0 aliphatic carbocycles. The van der Waals surface area contributed by atoms with Crippen LogP contribution in [0.5, 0.6) is 0 Å². The van der Waals surface area contributed by atoms with Gasteiger partial charge in [-0.15, -0.1) is 0 Å². The number of piperazine rings is 1. The highest BCUT2D eigenvalue weighted by Crippen LogP contribution is 2.26. The minimum Gasteiger partial charge on any atom is -0.361 e. The average Bonchev–Trinajstić information content (AvgIpc) is 3.22. The maximum Gasteiger partial charge on any atom is 0.295 e. The molecule has 2 aromatic heterocycles. The van der Waals surface area contributed by atoms with Crippen LogP contribution in [0.2, 0.25) is 0 Å². The Morgan fingerprint density at radius 3 is 2.52 bits per heavy atom. The van der Waals surface area contributed by atoms with Crippen molar-refractivity contribution in [1.29, 1.82) is 0 Å². The van der Waals surface area contributed by atoms with Crippen molar-refractivity contribution in [2.24, 2.45) is 0 Å². The van der Waals surface area contributed by atoms with Crippen molar-refractivity contribution in [3.63, 3.8) is 0 Å². The number of carbonyl (C=O) groups is 3. The van der Waals surface area contributed by atoms with Crippen molar-refractivity contribution in [2.75, 3.05) is 38.6 Å². The number of nitrogens with one attached hydrogen (secondary N) is 1. The number of aromatic amines is 1. The Labute approximate surface area is 180 Å². The zero-order valence-corrected chi connectivity index (χ0v) is 17.8. The Morgan fingerprint density at radius 2 is 1.84 bits per heavy atom. The highest BCUT2D eigenvalue weighted by atomic mass is 16.2. The Balaban J connectivity index is 1.50. The molecule has 3 heterocycles. The molecule has 0 spiro atoms. The Kier molecular flexibility index (Phi) is 5.46. The average molecular weight is 419 g/mol. The number of benzene rings is 1. The molecule has 1 aromatic carbocycles. The van der Waals surface area contributed by atoms with E-state index in [2.05, 4.69) is 9.97 Å². The zero-order chi connectivity index (χ0) is 22.1. The number of hydrogen-bond donors (Lipinski definition) is 1. The van der Waals surface area contributed by atoms with Gasteiger partial charge in [0.05, 0.1) is 11.1 Å². The first-order valence-electron chi connectivity index (χ1n) is 10.2. The monoisotopic (exact) mass is 419 g/mol. The second-order valence-corrected chi connectivity index (χ2v) is 7.95. The molecule has 160 valence electrons. The third-order valence-corrected chi connectivity index (χ3v) is 5.64. The first kappa shape index (κ1) is 20.6. The van der Waals surface area contributed by atoms with Crippen LogP contribution in [0.15, 0.2) is 48.8 Å². The molecule has 0 bridgehead atoms. The van der Waals surface area contributed by atoms with Gasteiger partial charge in [-0.05, 0) is 25.1 Å². The topological polar surface area (TPSA) is 89.6 Å². The van der Waals surface area contributed by atoms with Gasteiger partial charge in [0.1, 0.15) is 0 Å². The van der Waals surface area contributed by atoms with Crippen LogP contribution in [0.25, 0.3) is 10.9 Å². The Bertz CT molecular complexity index is 1140. The number of nitrogens with zero attached hydrogens (tertiary/aromatic N) is 4. The molecule has 2 amide bonds. The molecule has 1 N–H and O–H groups in total. The molecule has 1 atom stereocenters. The standard InChI is InChI=1S/C23H25N5O3/c1-15-14-27(22(30)16-7-5-4-6-8-16)11-12-28(15)23(31)20(29)18-13-25-19-17(18)9-10-24-21(19)26(2)3/h4-10,13,15,25H,11-12,14H2,1-3H3/t15-/m1/s1. The number of Topliss-reactive ketones (excluding diaryl/α,β-unsaturated/α-hetero) is 1. The summed E-state index contributed by atoms with van der Waals surface area (Å²) in [5, 5.41) is 0.669. The SMILES string of the molecule is C[C@@H]1CN(C(=O)c2ccccc2)CCN1C(=O)C(=O)c1c[nH]c2c(N(C)C)nccc12. The fourth-order valence-electron chi connectivity index (χ4n) is 4.02. The molecule has 4 rings (SSSR count). The van der Waals surface area contributed by atoms with Crippen LogP contribution in [0.4, 0.5) is 5.82 Å². The van der Waals surface area contributed by atoms with Crippen LogP contribution in [-0.2, 0) is 4.79 Å². The number of pyridine rings is 1. The van der Waals surface area contributed by atoms with E-state index in [4.69, 9.17) is 0 Å². The summed E-state index contributed by atoms with van der Waals surface area (Å²) in [5.41, 5.74) is 1.67. The summed E-state index contributed by atoms with van der Waals surface area (Å²) in [5.74, 6) is -0.475. The maximum atomic E-state index is 13.1. The van der Waals surface area contributed by atoms with E-state index in [0.29, 0.717) is 42.0 Å². The van der Waals surface area contributed by atoms with Crippen LogP contribution in [-0.4, -0.2) is 77.1 Å². The van der Waals surface area contributed by atoms with Gasteiger partial charge >= 0.3 is 0 Å². The van der Waals surface area contributed by atoms with E-state index in [1.165, 1.54) is 0 Å². The zero-order valence-electron chi connectivity index (χ0n) is 17.8. The highest BCUT2D eigenvalue weighted by molar-refractivity contribution is 6.45. The number of hydrogen-bond acceptors (Lipinski definition) is 5. The van der Waals surface area contributed by atoms with Gasteiger partial charge in [-0.25, -0.2) is 4.98 Å². The summed E-state index contributed by atoms with van der Waals surface area (Å²) in [7, 11) is 3.74. The molecule has 1 aliphatic heterocycles. The van der Waals surface area contributed by atoms with Crippen molar-refractivity contribution in [3.8, 4) is 0 Å². The summed E-state index contributed by atoms with van der Waals surface area (Å²) < 4.78 is 0. The summed E-state index contributed by atoms with van der Waals surface area (Å²) in [6.07, 6.45) is 3.20. The summed E-state index contributed by atoms with van der Waals surface area (Å²) in [4.78, 5) is 51.4. The maximum absolute atomic E-state index is 13.1. The van der Waals surface area contributed by atoms with Gasteiger partial charge in [-0.2, -0.15) is 0 Å². The summed E-state index contributed by atoms with van der Waals surface area (Å²) >= 11 is 0. The number of amides is 2. The Hall–Kier alpha value is -3.68. The van der Waals surface area contributed by atoms with E-state index in [1.54, 1.807) is 40.4 Å². The number of ketones is 1. The largest absolute Gasteiger partial charge is 0.361 e. The van der Waals surface area contributed by atoms with Crippen molar-refractivity contribution in [2.45, 2.75) is 13.0 Å². The van der Waals surface area contributed by atoms with Gasteiger partial charge in [0.2, 0.25) is 0 Å². The normalized spacial score (nSPS) is 16.4. The lowest BCUT2D eigenvalue weighted by atomic mass is 10.1. The quantitative estimate of drug-likeness (QED) is 0.517. The lowest BCUT2D eigenvalue weighted by Crippen LogP contribution is -2.56. The summed E-state index contributed by atoms with van der Waals surface area (Å²) in [6, 6.07) is 10.6. The van der Waals surface area contributed by atoms with E-state index in [9.17, 15) is 14.4 Å². The van der Waals surface area contributed by atoms with Gasteiger partial charge in [-0.1, -0.05) is 18.2 Å². The highest BCUT2D eigenvalue weighted by Gasteiger charge is 2.34. The molecule has 8 nitrogen and oxygen atoms in total. The third-order valence-electron chi connectivity index (χ3n) is 5.64. The van der Waals surface area contributed by atoms with E-state index >= 15 is 0 Å². The lowest BCUT2D eigenvalue weighted by Gasteiger charge is -2.39. The minimum atomic E-state index is -0.558. The first-order chi connectivity index (χ1) is 14.9. The van der Waals surface area contributed by atoms with Gasteiger partial charge in [-0.3, -0.25) is 14.4 Å². The third kappa shape index (κ3) is 3.76. The molecular formula is C23H25N5O3. The molecule has 0 unspecified atom stereocenters. The first-order valence-corrected chi connectivity index (χ1v) is 10.2. The van der Waals surface area contributed by atoms with Gasteiger partial charge < -0.3 is 19.7 Å². The van der Waals surface area contributed by atoms with Crippen LogP contribution in [0.1, 0.15) is 27.6 Å². The predicted molar refractivity (Wildman–Crippen MR) is 118 cm³/mol. The molecule has 1 aliphatic rings. The van der Waals surface area contributed by atoms with Crippen LogP contribution in [0.3, 0.4) is 0 Å². The van der Waals surface area contributed by atoms with E-state index < -0.39 is 11.7 Å². The molecule has 0 saturated carbocycles. The smallest absolute Gasteiger partial charge is 0.295 e. The van der Waals surface area contributed by atoms with Gasteiger partial charge in [0.15, 0.2) is 5.82 Å². The van der Waals surface area contributed by atoms with Gasteiger partial charge in [0, 0.05) is 63.1 Å². The van der Waals surface area contributed by atoms with E-state index in [-0.39, 0.29) is 11.9 Å². The number of aromatic nitrogens is 2. The molecule has 31 heavy (non-hydrogen) atoms. The molecular weight excluding hydrogens is 394 g/mol. The van der Waals surface area contributed by atoms with Gasteiger partial charge in [0.25, 0.3) is 17.6 Å². The molecule has 1 saturated heterocycles. The van der Waals surface area contributed by atoms with Crippen molar-refractivity contribution < 1.29 is 14.4 Å². The van der Waals surface area contributed by atoms with Crippen LogP contribution < -0.4 is 4.90 Å². The van der Waals surface area contributed by atoms with Crippen LogP contribution >= 0.6 is 0 Å². The number of carbonyl (C=O) groups excluding carboxylic acids is 3. The summed E-state index contributed by atoms with van der Waals surface area (Å²) in [6.45, 7) is 2.95. The minimum absolute atomic E-state index is 0.0637. The Morgan fingerprint density at radius 1 is 1.10 bits per heavy atom. The van der Waals surface area contributed by atoms with Crippen LogP contribution in [0, 0.1) is 0 Å². The van der Waals surface area contributed by atoms with Crippen molar-refractivity contribution >= 4 is 34.3 Å². The predicted octanol–water partition coefficient (Wildman–Crippen LogP) is 2.18. The number of rotatable bonds is 4. The van der Waals surface area contributed by atoms with Crippen molar-refractivity contribution in [1.82, 2.24) is 19.8 Å². The second-order valence-electron chi connectivity index (χ2n) is 7.95. The van der Waals surface area contributed by atoms with E-state index in [1.807, 2.05) is 44.1 Å². The molecule has 0 radical (unpaired) electrons. The molecule has 8 heteroatoms. The number of anilines is 1. The van der Waals surface area contributed by atoms with Crippen molar-refractivity contribution in [3.05, 3.63) is 59.9 Å². The lowest BCUT2D eigenvalue weighted by molar-refractivity contribution is -0.130. The van der Waals surface area contributed by atoms with E-state index in [0.717, 1.165) is 5.52 Å². The number of fused-ring (bicyclic) bond motifs is 1. The fourth-order valence-corrected chi connectivity index (χ4v) is 4.02. The molecule has 1 fully saturated rings. The fraction of sp³-hybridized carbons (Fsp3) is 0.304. The second kappa shape index (κ2) is 8.22. The molecule has 3 aromatic rings. The number of H-pyrrole nitrogens is 1.